The van der Waals surface area contributed by atoms with Gasteiger partial charge in [0.05, 0.1) is 5.69 Å². The van der Waals surface area contributed by atoms with Crippen molar-refractivity contribution in [2.24, 2.45) is 5.92 Å². The van der Waals surface area contributed by atoms with Gasteiger partial charge in [0.2, 0.25) is 11.5 Å². The molecule has 0 fully saturated rings. The highest BCUT2D eigenvalue weighted by Crippen LogP contribution is 2.43. The molecule has 6 nitrogen and oxygen atoms in total. The summed E-state index contributed by atoms with van der Waals surface area (Å²) in [4.78, 5) is 17.7. The van der Waals surface area contributed by atoms with Crippen LogP contribution in [0.1, 0.15) is 54.2 Å². The van der Waals surface area contributed by atoms with E-state index in [1.54, 1.807) is 13.1 Å². The quantitative estimate of drug-likeness (QED) is 0.274. The van der Waals surface area contributed by atoms with Gasteiger partial charge in [0.15, 0.2) is 5.76 Å². The van der Waals surface area contributed by atoms with Crippen LogP contribution in [0.4, 0.5) is 0 Å². The molecule has 0 radical (unpaired) electrons. The predicted octanol–water partition coefficient (Wildman–Crippen LogP) is 7.07. The van der Waals surface area contributed by atoms with E-state index < -0.39 is 11.4 Å². The molecule has 3 heterocycles. The third-order valence-corrected chi connectivity index (χ3v) is 7.15. The molecular formula is C28H25Cl2N3O3. The topological polar surface area (TPSA) is 92.0 Å². The van der Waals surface area contributed by atoms with E-state index in [1.807, 2.05) is 42.5 Å². The number of halogens is 2. The first-order valence-corrected chi connectivity index (χ1v) is 12.4. The van der Waals surface area contributed by atoms with Crippen LogP contribution in [-0.4, -0.2) is 31.7 Å². The van der Waals surface area contributed by atoms with Gasteiger partial charge in [-0.2, -0.15) is 5.10 Å². The Labute approximate surface area is 218 Å². The number of hydrogen-bond donors (Lipinski definition) is 2. The first-order chi connectivity index (χ1) is 17.0. The standard InChI is InChI=1S/C28H25Cl2N3O3/c1-14-11-21(22(30)13-18(14)23-9-10-31-33-23)24-20(16-5-7-17(29)8-6-16)12-19-15(2)25(36-27(19)32-24)26(34)28(3,4)35/h5-14,18,35H,1-4H3,(H,31,33). The van der Waals surface area contributed by atoms with E-state index in [2.05, 4.69) is 23.2 Å². The number of fused-ring (bicyclic) bond motifs is 1. The molecule has 36 heavy (non-hydrogen) atoms. The number of Topliss-reactive ketones (excluding diaryl/α,β-unsaturated/α-hetero) is 1. The zero-order chi connectivity index (χ0) is 25.8. The molecule has 2 N–H and O–H groups in total. The van der Waals surface area contributed by atoms with Gasteiger partial charge in [-0.3, -0.25) is 9.89 Å². The van der Waals surface area contributed by atoms with E-state index in [0.29, 0.717) is 32.4 Å². The van der Waals surface area contributed by atoms with Crippen LogP contribution in [0.2, 0.25) is 5.02 Å². The van der Waals surface area contributed by atoms with Crippen LogP contribution in [0.15, 0.2) is 64.2 Å². The molecule has 0 bridgehead atoms. The minimum Gasteiger partial charge on any atom is -0.434 e. The Morgan fingerprint density at radius 1 is 1.14 bits per heavy atom. The monoisotopic (exact) mass is 521 g/mol. The Hall–Kier alpha value is -3.19. The number of carbonyl (C=O) groups is 1. The van der Waals surface area contributed by atoms with Crippen LogP contribution < -0.4 is 0 Å². The minimum absolute atomic E-state index is 0.0494. The Morgan fingerprint density at radius 3 is 2.50 bits per heavy atom. The molecule has 1 aliphatic rings. The molecule has 8 heteroatoms. The van der Waals surface area contributed by atoms with Gasteiger partial charge in [-0.05, 0) is 56.5 Å². The number of rotatable bonds is 5. The summed E-state index contributed by atoms with van der Waals surface area (Å²) in [5.41, 5.74) is 3.47. The number of aliphatic hydroxyl groups is 1. The molecule has 2 atom stereocenters. The SMILES string of the molecule is Cc1c(C(=O)C(C)(C)O)oc2nc(C3=CC(C)C(c4ccn[nH]4)C=C3Cl)c(-c3ccc(Cl)cc3)cc12. The fraction of sp³-hybridized carbons (Fsp3) is 0.250. The van der Waals surface area contributed by atoms with Gasteiger partial charge < -0.3 is 9.52 Å². The highest BCUT2D eigenvalue weighted by Gasteiger charge is 2.32. The highest BCUT2D eigenvalue weighted by molar-refractivity contribution is 6.37. The van der Waals surface area contributed by atoms with Crippen molar-refractivity contribution >= 4 is 45.7 Å². The largest absolute Gasteiger partial charge is 0.434 e. The van der Waals surface area contributed by atoms with Crippen LogP contribution >= 0.6 is 23.2 Å². The summed E-state index contributed by atoms with van der Waals surface area (Å²) in [6.07, 6.45) is 5.83. The number of hydrogen-bond acceptors (Lipinski definition) is 5. The number of carbonyl (C=O) groups excluding carboxylic acids is 1. The van der Waals surface area contributed by atoms with Gasteiger partial charge in [-0.15, -0.1) is 0 Å². The number of furan rings is 1. The van der Waals surface area contributed by atoms with Crippen molar-refractivity contribution in [2.45, 2.75) is 39.2 Å². The molecule has 1 aromatic carbocycles. The number of nitrogens with one attached hydrogen (secondary N) is 1. The van der Waals surface area contributed by atoms with Crippen molar-refractivity contribution in [1.29, 1.82) is 0 Å². The molecule has 4 aromatic rings. The Bertz CT molecular complexity index is 1530. The minimum atomic E-state index is -1.57. The second-order valence-electron chi connectivity index (χ2n) is 9.68. The van der Waals surface area contributed by atoms with Crippen LogP contribution in [0, 0.1) is 12.8 Å². The highest BCUT2D eigenvalue weighted by atomic mass is 35.5. The maximum atomic E-state index is 12.8. The normalized spacial score (nSPS) is 18.3. The van der Waals surface area contributed by atoms with E-state index in [4.69, 9.17) is 32.6 Å². The van der Waals surface area contributed by atoms with E-state index in [1.165, 1.54) is 13.8 Å². The smallest absolute Gasteiger partial charge is 0.229 e. The van der Waals surface area contributed by atoms with E-state index in [9.17, 15) is 9.90 Å². The number of aromatic nitrogens is 3. The van der Waals surface area contributed by atoms with Crippen LogP contribution in [-0.2, 0) is 0 Å². The lowest BCUT2D eigenvalue weighted by Crippen LogP contribution is -2.31. The number of benzene rings is 1. The summed E-state index contributed by atoms with van der Waals surface area (Å²) in [6, 6.07) is 11.4. The Balaban J connectivity index is 1.71. The van der Waals surface area contributed by atoms with Gasteiger partial charge >= 0.3 is 0 Å². The molecule has 0 spiro atoms. The number of ketones is 1. The van der Waals surface area contributed by atoms with Crippen LogP contribution in [0.25, 0.3) is 27.8 Å². The summed E-state index contributed by atoms with van der Waals surface area (Å²) in [5.74, 6) is -0.243. The second kappa shape index (κ2) is 9.04. The Morgan fingerprint density at radius 2 is 1.86 bits per heavy atom. The molecule has 5 rings (SSSR count). The van der Waals surface area contributed by atoms with Crippen molar-refractivity contribution in [3.63, 3.8) is 0 Å². The molecule has 0 aliphatic heterocycles. The fourth-order valence-electron chi connectivity index (χ4n) is 4.55. The van der Waals surface area contributed by atoms with Gasteiger partial charge in [-0.25, -0.2) is 4.98 Å². The predicted molar refractivity (Wildman–Crippen MR) is 142 cm³/mol. The number of allylic oxidation sites excluding steroid dienone is 4. The van der Waals surface area contributed by atoms with E-state index in [-0.39, 0.29) is 17.6 Å². The molecule has 2 unspecified atom stereocenters. The third kappa shape index (κ3) is 4.30. The van der Waals surface area contributed by atoms with E-state index >= 15 is 0 Å². The number of aryl methyl sites for hydroxylation is 1. The van der Waals surface area contributed by atoms with Crippen LogP contribution in [0.5, 0.6) is 0 Å². The lowest BCUT2D eigenvalue weighted by molar-refractivity contribution is 0.0460. The molecule has 184 valence electrons. The van der Waals surface area contributed by atoms with Crippen molar-refractivity contribution in [2.75, 3.05) is 0 Å². The lowest BCUT2D eigenvalue weighted by atomic mass is 9.83. The zero-order valence-electron chi connectivity index (χ0n) is 20.3. The fourth-order valence-corrected chi connectivity index (χ4v) is 4.96. The maximum Gasteiger partial charge on any atom is 0.229 e. The summed E-state index contributed by atoms with van der Waals surface area (Å²) in [5, 5.41) is 19.3. The summed E-state index contributed by atoms with van der Waals surface area (Å²) >= 11 is 13.0. The summed E-state index contributed by atoms with van der Waals surface area (Å²) in [7, 11) is 0. The number of pyridine rings is 1. The van der Waals surface area contributed by atoms with Crippen molar-refractivity contribution in [3.8, 4) is 11.1 Å². The molecule has 1 aliphatic carbocycles. The van der Waals surface area contributed by atoms with Gasteiger partial charge in [-0.1, -0.05) is 54.4 Å². The molecule has 0 saturated heterocycles. The first kappa shape index (κ1) is 24.5. The van der Waals surface area contributed by atoms with Crippen molar-refractivity contribution in [1.82, 2.24) is 15.2 Å². The third-order valence-electron chi connectivity index (χ3n) is 6.56. The number of nitrogens with zero attached hydrogens (tertiary/aromatic N) is 2. The zero-order valence-corrected chi connectivity index (χ0v) is 21.8. The summed E-state index contributed by atoms with van der Waals surface area (Å²) < 4.78 is 5.93. The van der Waals surface area contributed by atoms with Crippen molar-refractivity contribution < 1.29 is 14.3 Å². The molecule has 3 aromatic heterocycles. The van der Waals surface area contributed by atoms with Gasteiger partial charge in [0.25, 0.3) is 0 Å². The number of aromatic amines is 1. The van der Waals surface area contributed by atoms with Gasteiger partial charge in [0.1, 0.15) is 5.60 Å². The Kier molecular flexibility index (Phi) is 6.15. The molecular weight excluding hydrogens is 497 g/mol. The molecule has 0 saturated carbocycles. The second-order valence-corrected chi connectivity index (χ2v) is 10.5. The average molecular weight is 522 g/mol. The molecule has 0 amide bonds. The maximum absolute atomic E-state index is 12.8. The lowest BCUT2D eigenvalue weighted by Gasteiger charge is -2.24. The van der Waals surface area contributed by atoms with Crippen LogP contribution in [0.3, 0.4) is 0 Å². The first-order valence-electron chi connectivity index (χ1n) is 11.6. The average Bonchev–Trinajstić information content (AvgIpc) is 3.47. The summed E-state index contributed by atoms with van der Waals surface area (Å²) in [6.45, 7) is 6.79. The van der Waals surface area contributed by atoms with Gasteiger partial charge in [0, 0.05) is 49.9 Å². The number of H-pyrrole nitrogens is 1. The van der Waals surface area contributed by atoms with E-state index in [0.717, 1.165) is 22.4 Å². The van der Waals surface area contributed by atoms with Crippen molar-refractivity contribution in [3.05, 3.63) is 87.5 Å².